The third kappa shape index (κ3) is 10.8. The molecule has 0 saturated carbocycles. The van der Waals surface area contributed by atoms with E-state index in [4.69, 9.17) is 9.72 Å². The third-order valence-corrected chi connectivity index (χ3v) is 10.9. The van der Waals surface area contributed by atoms with E-state index in [-0.39, 0.29) is 24.2 Å². The first-order valence-electron chi connectivity index (χ1n) is 18.5. The molecule has 1 fully saturated rings. The molecular formula is C39H53N7O5S. The maximum absolute atomic E-state index is 13.9. The Kier molecular flexibility index (Phi) is 14.0. The Morgan fingerprint density at radius 2 is 1.60 bits per heavy atom. The number of methoxy groups -OCH3 is 1. The predicted molar refractivity (Wildman–Crippen MR) is 203 cm³/mol. The minimum absolute atomic E-state index is 0.177. The van der Waals surface area contributed by atoms with Crippen LogP contribution in [0.1, 0.15) is 79.2 Å². The molecule has 3 aliphatic rings. The summed E-state index contributed by atoms with van der Waals surface area (Å²) in [5, 5.41) is 12.7. The van der Waals surface area contributed by atoms with Crippen molar-refractivity contribution in [1.82, 2.24) is 31.2 Å². The van der Waals surface area contributed by atoms with Crippen LogP contribution in [-0.4, -0.2) is 84.9 Å². The number of fused-ring (bicyclic) bond motifs is 18. The molecule has 13 heteroatoms. The van der Waals surface area contributed by atoms with E-state index in [0.717, 1.165) is 55.3 Å². The van der Waals surface area contributed by atoms with E-state index in [0.29, 0.717) is 30.8 Å². The highest BCUT2D eigenvalue weighted by Gasteiger charge is 2.31. The van der Waals surface area contributed by atoms with Crippen LogP contribution in [0.4, 0.5) is 5.13 Å². The largest absolute Gasteiger partial charge is 0.497 e. The monoisotopic (exact) mass is 731 g/mol. The number of hydrogen-bond donors (Lipinski definition) is 4. The van der Waals surface area contributed by atoms with Crippen LogP contribution >= 0.6 is 11.3 Å². The molecule has 4 heterocycles. The van der Waals surface area contributed by atoms with Gasteiger partial charge in [-0.1, -0.05) is 44.5 Å². The summed E-state index contributed by atoms with van der Waals surface area (Å²) in [7, 11) is 1.58. The second-order valence-corrected chi connectivity index (χ2v) is 15.0. The molecule has 1 saturated heterocycles. The lowest BCUT2D eigenvalue weighted by atomic mass is 9.96. The summed E-state index contributed by atoms with van der Waals surface area (Å²) < 4.78 is 5.27. The Morgan fingerprint density at radius 1 is 0.885 bits per heavy atom. The zero-order valence-corrected chi connectivity index (χ0v) is 31.6. The lowest BCUT2D eigenvalue weighted by Crippen LogP contribution is -2.58. The number of thiazole rings is 1. The molecule has 4 atom stereocenters. The van der Waals surface area contributed by atoms with Gasteiger partial charge in [0.05, 0.1) is 7.11 Å². The number of hydrogen-bond acceptors (Lipinski definition) is 9. The van der Waals surface area contributed by atoms with Crippen LogP contribution in [0, 0.1) is 5.92 Å². The van der Waals surface area contributed by atoms with E-state index >= 15 is 0 Å². The zero-order chi connectivity index (χ0) is 37.0. The molecule has 6 rings (SSSR count). The number of anilines is 1. The van der Waals surface area contributed by atoms with Gasteiger partial charge in [-0.25, -0.2) is 4.98 Å². The molecule has 3 aliphatic heterocycles. The van der Waals surface area contributed by atoms with Gasteiger partial charge in [0.15, 0.2) is 5.13 Å². The van der Waals surface area contributed by atoms with Crippen LogP contribution in [-0.2, 0) is 33.9 Å². The normalized spacial score (nSPS) is 22.2. The van der Waals surface area contributed by atoms with Crippen molar-refractivity contribution in [3.8, 4) is 5.75 Å². The first kappa shape index (κ1) is 38.7. The second-order valence-electron chi connectivity index (χ2n) is 13.9. The van der Waals surface area contributed by atoms with Gasteiger partial charge in [0.2, 0.25) is 17.7 Å². The molecule has 4 amide bonds. The molecule has 0 radical (unpaired) electrons. The summed E-state index contributed by atoms with van der Waals surface area (Å²) >= 11 is 1.74. The fourth-order valence-electron chi connectivity index (χ4n) is 6.48. The van der Waals surface area contributed by atoms with Crippen molar-refractivity contribution in [1.29, 1.82) is 0 Å². The number of amides is 4. The number of rotatable bonds is 8. The first-order valence-corrected chi connectivity index (χ1v) is 19.3. The highest BCUT2D eigenvalue weighted by Crippen LogP contribution is 2.27. The van der Waals surface area contributed by atoms with Crippen LogP contribution in [0.5, 0.6) is 5.75 Å². The van der Waals surface area contributed by atoms with E-state index in [1.54, 1.807) is 49.6 Å². The summed E-state index contributed by atoms with van der Waals surface area (Å²) in [4.78, 5) is 64.8. The lowest BCUT2D eigenvalue weighted by Gasteiger charge is -2.27. The molecule has 2 bridgehead atoms. The van der Waals surface area contributed by atoms with Gasteiger partial charge in [0, 0.05) is 55.8 Å². The average Bonchev–Trinajstić information content (AvgIpc) is 3.86. The molecule has 4 N–H and O–H groups in total. The standard InChI is InChI=1S/C39H53N7O5S/c1-5-26(2)34-38(50)43-33(22-28-12-16-31(51-4)17-13-28)37(49)42-27(3)35(47)40-18-6-7-19-45(24-29-10-14-30(15-11-29)36(48)44-34)25-32-23-41-39(52-32)46-20-8-9-21-46/h10-17,23,26-27,33-34H,5-9,18-22,24-25H2,1-4H3,(H,40,47)(H,42,49)(H,43,50)(H,44,48)/t26-,27+,33-,34?/m0/s1. The lowest BCUT2D eigenvalue weighted by molar-refractivity contribution is -0.132. The summed E-state index contributed by atoms with van der Waals surface area (Å²) in [5.41, 5.74) is 2.31. The Balaban J connectivity index is 1.35. The van der Waals surface area contributed by atoms with Gasteiger partial charge in [-0.2, -0.15) is 0 Å². The highest BCUT2D eigenvalue weighted by molar-refractivity contribution is 7.15. The molecule has 52 heavy (non-hydrogen) atoms. The number of nitrogens with zero attached hydrogens (tertiary/aromatic N) is 3. The fraction of sp³-hybridized carbons (Fsp3) is 0.513. The van der Waals surface area contributed by atoms with Crippen molar-refractivity contribution >= 4 is 40.1 Å². The molecule has 280 valence electrons. The van der Waals surface area contributed by atoms with Crippen LogP contribution in [0.15, 0.2) is 54.7 Å². The Bertz CT molecular complexity index is 1640. The predicted octanol–water partition coefficient (Wildman–Crippen LogP) is 4.04. The van der Waals surface area contributed by atoms with Gasteiger partial charge in [-0.15, -0.1) is 11.3 Å². The van der Waals surface area contributed by atoms with Crippen molar-refractivity contribution in [2.24, 2.45) is 5.92 Å². The maximum Gasteiger partial charge on any atom is 0.251 e. The Labute approximate surface area is 311 Å². The van der Waals surface area contributed by atoms with Gasteiger partial charge < -0.3 is 30.9 Å². The van der Waals surface area contributed by atoms with Crippen molar-refractivity contribution in [3.63, 3.8) is 0 Å². The van der Waals surface area contributed by atoms with Crippen molar-refractivity contribution < 1.29 is 23.9 Å². The number of carbonyl (C=O) groups excluding carboxylic acids is 4. The van der Waals surface area contributed by atoms with Crippen LogP contribution < -0.4 is 30.9 Å². The fourth-order valence-corrected chi connectivity index (χ4v) is 7.48. The molecule has 3 aromatic rings. The smallest absolute Gasteiger partial charge is 0.251 e. The summed E-state index contributed by atoms with van der Waals surface area (Å²) in [6.07, 6.45) is 6.80. The summed E-state index contributed by atoms with van der Waals surface area (Å²) in [6, 6.07) is 12.0. The van der Waals surface area contributed by atoms with Gasteiger partial charge in [0.25, 0.3) is 5.91 Å². The number of nitrogens with one attached hydrogen (secondary N) is 4. The third-order valence-electron chi connectivity index (χ3n) is 9.89. The summed E-state index contributed by atoms with van der Waals surface area (Å²) in [5.74, 6) is -1.17. The quantitative estimate of drug-likeness (QED) is 0.254. The van der Waals surface area contributed by atoms with Crippen LogP contribution in [0.2, 0.25) is 0 Å². The maximum atomic E-state index is 13.9. The molecule has 1 unspecified atom stereocenters. The molecule has 0 aliphatic carbocycles. The van der Waals surface area contributed by atoms with Crippen molar-refractivity contribution in [3.05, 3.63) is 76.3 Å². The number of aromatic nitrogens is 1. The molecular weight excluding hydrogens is 679 g/mol. The van der Waals surface area contributed by atoms with Gasteiger partial charge in [-0.3, -0.25) is 24.1 Å². The first-order chi connectivity index (χ1) is 25.1. The van der Waals surface area contributed by atoms with Crippen LogP contribution in [0.3, 0.4) is 0 Å². The number of benzene rings is 2. The van der Waals surface area contributed by atoms with E-state index in [1.807, 2.05) is 44.3 Å². The molecule has 2 aromatic carbocycles. The number of ether oxygens (including phenoxy) is 1. The SMILES string of the molecule is CC[C@H](C)C1NC(=O)c2ccc(cc2)CN(Cc2cnc(N3CCCC3)s2)CCCCNC(=O)[C@@H](C)NC(=O)[C@H](Cc2ccc(OC)cc2)NC1=O. The molecule has 1 aromatic heterocycles. The molecule has 0 spiro atoms. The minimum atomic E-state index is -0.996. The Hall–Kier alpha value is -4.49. The van der Waals surface area contributed by atoms with Gasteiger partial charge in [-0.05, 0) is 80.5 Å². The summed E-state index contributed by atoms with van der Waals surface area (Å²) in [6.45, 7) is 10.3. The van der Waals surface area contributed by atoms with E-state index < -0.39 is 29.9 Å². The van der Waals surface area contributed by atoms with Crippen molar-refractivity contribution in [2.45, 2.75) is 90.5 Å². The number of carbonyl (C=O) groups is 4. The Morgan fingerprint density at radius 3 is 2.29 bits per heavy atom. The average molecular weight is 732 g/mol. The van der Waals surface area contributed by atoms with E-state index in [2.05, 4.69) is 31.1 Å². The topological polar surface area (TPSA) is 145 Å². The van der Waals surface area contributed by atoms with Gasteiger partial charge in [0.1, 0.15) is 23.9 Å². The zero-order valence-electron chi connectivity index (χ0n) is 30.8. The second kappa shape index (κ2) is 18.8. The van der Waals surface area contributed by atoms with E-state index in [9.17, 15) is 19.2 Å². The van der Waals surface area contributed by atoms with Gasteiger partial charge >= 0.3 is 0 Å². The molecule has 12 nitrogen and oxygen atoms in total. The minimum Gasteiger partial charge on any atom is -0.497 e. The van der Waals surface area contributed by atoms with Crippen LogP contribution in [0.25, 0.3) is 0 Å². The van der Waals surface area contributed by atoms with Crippen molar-refractivity contribution in [2.75, 3.05) is 38.2 Å². The van der Waals surface area contributed by atoms with E-state index in [1.165, 1.54) is 17.7 Å². The highest BCUT2D eigenvalue weighted by atomic mass is 32.1.